The van der Waals surface area contributed by atoms with E-state index in [2.05, 4.69) is 20.5 Å². The van der Waals surface area contributed by atoms with Crippen LogP contribution in [-0.2, 0) is 37.0 Å². The van der Waals surface area contributed by atoms with Crippen LogP contribution < -0.4 is 10.5 Å². The highest BCUT2D eigenvalue weighted by Gasteiger charge is 2.21. The number of nitrogens with two attached hydrogens (primary N) is 1. The van der Waals surface area contributed by atoms with Crippen LogP contribution in [0.25, 0.3) is 21.5 Å². The van der Waals surface area contributed by atoms with Crippen LogP contribution in [0.2, 0.25) is 0 Å². The number of anilines is 1. The van der Waals surface area contributed by atoms with Crippen LogP contribution in [0.1, 0.15) is 5.56 Å². The van der Waals surface area contributed by atoms with Crippen LogP contribution in [-0.4, -0.2) is 51.1 Å². The SMILES string of the molecule is COc1cc(N=Nc2ccc(N=Nc3cc(S(=O)(=O)O)c4cccc(S(=O)(=O)O)c4c3)c3ccc(S(=O)(=O)O)cc23)c(CO)cc1N. The van der Waals surface area contributed by atoms with E-state index in [1.807, 2.05) is 0 Å². The molecule has 0 amide bonds. The van der Waals surface area contributed by atoms with Gasteiger partial charge < -0.3 is 15.6 Å². The first-order chi connectivity index (χ1) is 22.0. The number of hydrogen-bond donors (Lipinski definition) is 5. The molecule has 0 radical (unpaired) electrons. The maximum Gasteiger partial charge on any atom is 0.295 e. The minimum Gasteiger partial charge on any atom is -0.495 e. The van der Waals surface area contributed by atoms with Gasteiger partial charge in [0, 0.05) is 33.2 Å². The van der Waals surface area contributed by atoms with E-state index in [0.29, 0.717) is 5.56 Å². The molecule has 0 unspecified atom stereocenters. The lowest BCUT2D eigenvalue weighted by Gasteiger charge is -2.10. The molecule has 244 valence electrons. The zero-order valence-corrected chi connectivity index (χ0v) is 26.3. The number of fused-ring (bicyclic) bond motifs is 2. The van der Waals surface area contributed by atoms with E-state index in [9.17, 15) is 44.0 Å². The lowest BCUT2D eigenvalue weighted by Crippen LogP contribution is -2.03. The maximum atomic E-state index is 12.2. The lowest BCUT2D eigenvalue weighted by atomic mass is 10.1. The molecule has 0 aromatic heterocycles. The first-order valence-electron chi connectivity index (χ1n) is 13.0. The van der Waals surface area contributed by atoms with E-state index < -0.39 is 51.6 Å². The Balaban J connectivity index is 1.68. The van der Waals surface area contributed by atoms with Crippen LogP contribution in [0.15, 0.2) is 108 Å². The first-order valence-corrected chi connectivity index (χ1v) is 17.3. The zero-order valence-electron chi connectivity index (χ0n) is 23.9. The van der Waals surface area contributed by atoms with Crippen molar-refractivity contribution < 1.29 is 48.8 Å². The number of methoxy groups -OCH3 is 1. The molecule has 0 heterocycles. The second-order valence-electron chi connectivity index (χ2n) is 9.81. The average molecular weight is 702 g/mol. The van der Waals surface area contributed by atoms with E-state index >= 15 is 0 Å². The number of nitrogen functional groups attached to an aromatic ring is 1. The van der Waals surface area contributed by atoms with E-state index in [0.717, 1.165) is 30.3 Å². The van der Waals surface area contributed by atoms with E-state index in [1.165, 1.54) is 49.6 Å². The van der Waals surface area contributed by atoms with Gasteiger partial charge in [-0.2, -0.15) is 35.5 Å². The highest BCUT2D eigenvalue weighted by Crippen LogP contribution is 2.39. The summed E-state index contributed by atoms with van der Waals surface area (Å²) in [4.78, 5) is -1.82. The molecule has 0 aliphatic rings. The Kier molecular flexibility index (Phi) is 8.81. The molecule has 5 aromatic carbocycles. The molecule has 5 aromatic rings. The molecule has 5 rings (SSSR count). The molecule has 16 nitrogen and oxygen atoms in total. The molecule has 0 aliphatic heterocycles. The molecule has 0 saturated heterocycles. The number of aliphatic hydroxyl groups excluding tert-OH is 1. The number of ether oxygens (including phenoxy) is 1. The van der Waals surface area contributed by atoms with Gasteiger partial charge in [-0.05, 0) is 48.5 Å². The smallest absolute Gasteiger partial charge is 0.295 e. The van der Waals surface area contributed by atoms with Crippen molar-refractivity contribution in [1.29, 1.82) is 0 Å². The lowest BCUT2D eigenvalue weighted by molar-refractivity contribution is 0.282. The Morgan fingerprint density at radius 3 is 1.89 bits per heavy atom. The van der Waals surface area contributed by atoms with Crippen LogP contribution in [0, 0.1) is 0 Å². The number of hydrogen-bond acceptors (Lipinski definition) is 13. The van der Waals surface area contributed by atoms with Gasteiger partial charge in [0.25, 0.3) is 30.4 Å². The number of aliphatic hydroxyl groups is 1. The van der Waals surface area contributed by atoms with Crippen molar-refractivity contribution in [3.63, 3.8) is 0 Å². The van der Waals surface area contributed by atoms with Gasteiger partial charge in [0.2, 0.25) is 0 Å². The molecular formula is C28H23N5O11S3. The first kappa shape index (κ1) is 33.5. The Morgan fingerprint density at radius 1 is 0.638 bits per heavy atom. The second kappa shape index (κ2) is 12.4. The summed E-state index contributed by atoms with van der Waals surface area (Å²) in [6.07, 6.45) is 0. The van der Waals surface area contributed by atoms with Gasteiger partial charge in [0.05, 0.1) is 47.0 Å². The third-order valence-corrected chi connectivity index (χ3v) is 9.49. The molecule has 6 N–H and O–H groups in total. The number of azo groups is 2. The summed E-state index contributed by atoms with van der Waals surface area (Å²) < 4.78 is 107. The highest BCUT2D eigenvalue weighted by atomic mass is 32.2. The Labute approximate surface area is 267 Å². The van der Waals surface area contributed by atoms with Crippen molar-refractivity contribution in [3.05, 3.63) is 78.4 Å². The summed E-state index contributed by atoms with van der Waals surface area (Å²) in [6.45, 7) is -0.435. The summed E-state index contributed by atoms with van der Waals surface area (Å²) in [5.74, 6) is 0.264. The van der Waals surface area contributed by atoms with Crippen molar-refractivity contribution in [3.8, 4) is 5.75 Å². The van der Waals surface area contributed by atoms with Gasteiger partial charge in [-0.15, -0.1) is 10.2 Å². The summed E-state index contributed by atoms with van der Waals surface area (Å²) in [5.41, 5.74) is 6.60. The van der Waals surface area contributed by atoms with Crippen LogP contribution >= 0.6 is 0 Å². The van der Waals surface area contributed by atoms with Crippen LogP contribution in [0.5, 0.6) is 5.75 Å². The third-order valence-electron chi connectivity index (χ3n) is 6.84. The van der Waals surface area contributed by atoms with Gasteiger partial charge >= 0.3 is 0 Å². The predicted molar refractivity (Wildman–Crippen MR) is 169 cm³/mol. The minimum atomic E-state index is -4.91. The standard InChI is InChI=1S/C28H23N5O11S3/c1-44-26-13-25(15(14-34)9-22(26)29)33-32-24-8-7-23(18-6-5-17(12-20(18)24)45(35,36)37)31-30-16-10-21-19(28(11-16)47(41,42)43)3-2-4-27(21)46(38,39)40/h2-13,34H,14,29H2,1H3,(H,35,36,37)(H,38,39,40)(H,41,42,43). The molecule has 0 saturated carbocycles. The van der Waals surface area contributed by atoms with E-state index in [1.54, 1.807) is 0 Å². The fourth-order valence-corrected chi connectivity index (χ4v) is 6.61. The molecule has 0 fully saturated rings. The summed E-state index contributed by atoms with van der Waals surface area (Å²) in [5, 5.41) is 26.2. The Bertz CT molecular complexity index is 2480. The second-order valence-corrected chi connectivity index (χ2v) is 14.0. The summed E-state index contributed by atoms with van der Waals surface area (Å²) in [7, 11) is -13.0. The third kappa shape index (κ3) is 6.95. The number of benzene rings is 5. The molecular weight excluding hydrogens is 679 g/mol. The Morgan fingerprint density at radius 2 is 1.28 bits per heavy atom. The molecule has 0 bridgehead atoms. The number of nitrogens with zero attached hydrogens (tertiary/aromatic N) is 4. The quantitative estimate of drug-likeness (QED) is 0.0709. The fraction of sp³-hybridized carbons (Fsp3) is 0.0714. The van der Waals surface area contributed by atoms with Crippen LogP contribution in [0.4, 0.5) is 28.4 Å². The van der Waals surface area contributed by atoms with Crippen molar-refractivity contribution in [2.75, 3.05) is 12.8 Å². The monoisotopic (exact) mass is 701 g/mol. The summed E-state index contributed by atoms with van der Waals surface area (Å²) in [6, 6.07) is 14.7. The van der Waals surface area contributed by atoms with Crippen molar-refractivity contribution in [2.45, 2.75) is 21.3 Å². The molecule has 47 heavy (non-hydrogen) atoms. The largest absolute Gasteiger partial charge is 0.495 e. The van der Waals surface area contributed by atoms with Crippen molar-refractivity contribution in [2.24, 2.45) is 20.5 Å². The van der Waals surface area contributed by atoms with Gasteiger partial charge in [0.15, 0.2) is 0 Å². The Hall–Kier alpha value is -4.89. The molecule has 0 aliphatic carbocycles. The minimum absolute atomic E-state index is 0.0857. The maximum absolute atomic E-state index is 12.2. The highest BCUT2D eigenvalue weighted by molar-refractivity contribution is 7.86. The average Bonchev–Trinajstić information content (AvgIpc) is 3.00. The van der Waals surface area contributed by atoms with Gasteiger partial charge in [0.1, 0.15) is 15.5 Å². The van der Waals surface area contributed by atoms with Gasteiger partial charge in [-0.1, -0.05) is 18.2 Å². The molecule has 19 heteroatoms. The van der Waals surface area contributed by atoms with E-state index in [-0.39, 0.29) is 55.7 Å². The molecule has 0 spiro atoms. The predicted octanol–water partition coefficient (Wildman–Crippen LogP) is 5.65. The van der Waals surface area contributed by atoms with Gasteiger partial charge in [-0.3, -0.25) is 13.7 Å². The van der Waals surface area contributed by atoms with Crippen molar-refractivity contribution in [1.82, 2.24) is 0 Å². The topological polar surface area (TPSA) is 268 Å². The fourth-order valence-electron chi connectivity index (χ4n) is 4.69. The van der Waals surface area contributed by atoms with Crippen LogP contribution in [0.3, 0.4) is 0 Å². The zero-order chi connectivity index (χ0) is 34.3. The normalized spacial score (nSPS) is 12.9. The molecule has 0 atom stereocenters. The van der Waals surface area contributed by atoms with E-state index in [4.69, 9.17) is 10.5 Å². The summed E-state index contributed by atoms with van der Waals surface area (Å²) >= 11 is 0. The van der Waals surface area contributed by atoms with Crippen molar-refractivity contribution >= 4 is 80.3 Å². The van der Waals surface area contributed by atoms with Gasteiger partial charge in [-0.25, -0.2) is 0 Å². The number of rotatable bonds is 9.